The predicted octanol–water partition coefficient (Wildman–Crippen LogP) is 3.56. The van der Waals surface area contributed by atoms with E-state index in [0.717, 1.165) is 31.6 Å². The van der Waals surface area contributed by atoms with Crippen LogP contribution in [0.4, 0.5) is 0 Å². The number of hydrogen-bond donors (Lipinski definition) is 0. The molecule has 7 nitrogen and oxygen atoms in total. The molecule has 2 saturated heterocycles. The van der Waals surface area contributed by atoms with Gasteiger partial charge in [-0.25, -0.2) is 8.42 Å². The topological polar surface area (TPSA) is 70.2 Å². The second kappa shape index (κ2) is 11.1. The van der Waals surface area contributed by atoms with E-state index >= 15 is 0 Å². The molecular weight excluding hydrogens is 462 g/mol. The van der Waals surface area contributed by atoms with Crippen LogP contribution in [-0.4, -0.2) is 74.8 Å². The Morgan fingerprint density at radius 1 is 1.03 bits per heavy atom. The summed E-state index contributed by atoms with van der Waals surface area (Å²) in [6.07, 6.45) is 1.40. The van der Waals surface area contributed by atoms with Crippen LogP contribution in [0.1, 0.15) is 43.7 Å². The number of nitrogens with zero attached hydrogens (tertiary/aromatic N) is 3. The van der Waals surface area contributed by atoms with Gasteiger partial charge in [0.25, 0.3) is 0 Å². The molecule has 4 rings (SSSR count). The molecule has 1 amide bonds. The van der Waals surface area contributed by atoms with Gasteiger partial charge in [0.15, 0.2) is 0 Å². The van der Waals surface area contributed by atoms with E-state index in [1.54, 1.807) is 12.1 Å². The molecule has 2 aromatic carbocycles. The second-order valence-electron chi connectivity index (χ2n) is 9.85. The number of methoxy groups -OCH3 is 1. The SMILES string of the molecule is COc1ccc(C(C)C)cc1S(=O)(=O)N1CCC[C@H](C(=O)N2CCN(Cc3ccccc3)CC2)C1. The van der Waals surface area contributed by atoms with Crippen LogP contribution in [0.15, 0.2) is 53.4 Å². The molecule has 0 radical (unpaired) electrons. The minimum atomic E-state index is -3.77. The molecule has 2 fully saturated rings. The van der Waals surface area contributed by atoms with Gasteiger partial charge in [-0.2, -0.15) is 4.31 Å². The summed E-state index contributed by atoms with van der Waals surface area (Å²) in [7, 11) is -2.28. The number of piperazine rings is 1. The highest BCUT2D eigenvalue weighted by molar-refractivity contribution is 7.89. The third-order valence-electron chi connectivity index (χ3n) is 7.14. The van der Waals surface area contributed by atoms with Crippen molar-refractivity contribution in [3.8, 4) is 5.75 Å². The molecular formula is C27H37N3O4S. The Morgan fingerprint density at radius 2 is 1.74 bits per heavy atom. The maximum absolute atomic E-state index is 13.6. The van der Waals surface area contributed by atoms with Crippen LogP contribution in [0, 0.1) is 5.92 Å². The molecule has 1 atom stereocenters. The van der Waals surface area contributed by atoms with E-state index in [0.29, 0.717) is 31.8 Å². The van der Waals surface area contributed by atoms with Gasteiger partial charge in [-0.1, -0.05) is 50.2 Å². The lowest BCUT2D eigenvalue weighted by atomic mass is 9.97. The van der Waals surface area contributed by atoms with Gasteiger partial charge in [0.05, 0.1) is 13.0 Å². The monoisotopic (exact) mass is 499 g/mol. The fourth-order valence-electron chi connectivity index (χ4n) is 4.98. The normalized spacial score (nSPS) is 20.2. The minimum absolute atomic E-state index is 0.0761. The third kappa shape index (κ3) is 5.88. The molecule has 35 heavy (non-hydrogen) atoms. The number of sulfonamides is 1. The van der Waals surface area contributed by atoms with Crippen molar-refractivity contribution < 1.29 is 17.9 Å². The molecule has 2 aromatic rings. The molecule has 2 heterocycles. The molecule has 8 heteroatoms. The molecule has 0 saturated carbocycles. The lowest BCUT2D eigenvalue weighted by molar-refractivity contribution is -0.138. The molecule has 0 unspecified atom stereocenters. The first-order valence-corrected chi connectivity index (χ1v) is 14.0. The molecule has 0 spiro atoms. The number of benzene rings is 2. The van der Waals surface area contributed by atoms with Crippen molar-refractivity contribution in [2.75, 3.05) is 46.4 Å². The molecule has 0 N–H and O–H groups in total. The van der Waals surface area contributed by atoms with E-state index in [1.807, 2.05) is 43.0 Å². The van der Waals surface area contributed by atoms with Gasteiger partial charge in [0.2, 0.25) is 15.9 Å². The first-order valence-electron chi connectivity index (χ1n) is 12.5. The summed E-state index contributed by atoms with van der Waals surface area (Å²) in [6, 6.07) is 15.7. The lowest BCUT2D eigenvalue weighted by Gasteiger charge is -2.38. The summed E-state index contributed by atoms with van der Waals surface area (Å²) in [5, 5.41) is 0. The number of hydrogen-bond acceptors (Lipinski definition) is 5. The van der Waals surface area contributed by atoms with Crippen molar-refractivity contribution in [3.63, 3.8) is 0 Å². The fraction of sp³-hybridized carbons (Fsp3) is 0.519. The Kier molecular flexibility index (Phi) is 8.14. The van der Waals surface area contributed by atoms with Crippen LogP contribution >= 0.6 is 0 Å². The van der Waals surface area contributed by atoms with E-state index in [1.165, 1.54) is 17.0 Å². The Morgan fingerprint density at radius 3 is 2.40 bits per heavy atom. The first kappa shape index (κ1) is 25.7. The van der Waals surface area contributed by atoms with Crippen LogP contribution in [0.25, 0.3) is 0 Å². The number of rotatable bonds is 7. The summed E-state index contributed by atoms with van der Waals surface area (Å²) in [6.45, 7) is 8.62. The highest BCUT2D eigenvalue weighted by Gasteiger charge is 2.37. The van der Waals surface area contributed by atoms with E-state index < -0.39 is 10.0 Å². The molecule has 2 aliphatic rings. The zero-order valence-electron chi connectivity index (χ0n) is 21.0. The number of ether oxygens (including phenoxy) is 1. The van der Waals surface area contributed by atoms with Crippen LogP contribution in [-0.2, 0) is 21.4 Å². The van der Waals surface area contributed by atoms with Gasteiger partial charge in [0.1, 0.15) is 10.6 Å². The fourth-order valence-corrected chi connectivity index (χ4v) is 6.70. The Hall–Kier alpha value is -2.42. The summed E-state index contributed by atoms with van der Waals surface area (Å²) in [4.78, 5) is 17.8. The largest absolute Gasteiger partial charge is 0.495 e. The van der Waals surface area contributed by atoms with Crippen LogP contribution in [0.2, 0.25) is 0 Å². The molecule has 0 bridgehead atoms. The third-order valence-corrected chi connectivity index (χ3v) is 9.02. The quantitative estimate of drug-likeness (QED) is 0.583. The van der Waals surface area contributed by atoms with Crippen molar-refractivity contribution in [2.24, 2.45) is 5.92 Å². The maximum atomic E-state index is 13.6. The molecule has 0 aliphatic carbocycles. The maximum Gasteiger partial charge on any atom is 0.246 e. The van der Waals surface area contributed by atoms with Gasteiger partial charge < -0.3 is 9.64 Å². The molecule has 0 aromatic heterocycles. The summed E-state index contributed by atoms with van der Waals surface area (Å²) in [5.41, 5.74) is 2.22. The number of amides is 1. The standard InChI is InChI=1S/C27H37N3O4S/c1-21(2)23-11-12-25(34-3)26(18-23)35(32,33)30-13-7-10-24(20-30)27(31)29-16-14-28(15-17-29)19-22-8-5-4-6-9-22/h4-6,8-9,11-12,18,21,24H,7,10,13-17,19-20H2,1-3H3/t24-/m0/s1. The second-order valence-corrected chi connectivity index (χ2v) is 11.8. The van der Waals surface area contributed by atoms with Crippen molar-refractivity contribution >= 4 is 15.9 Å². The predicted molar refractivity (Wildman–Crippen MR) is 137 cm³/mol. The average molecular weight is 500 g/mol. The van der Waals surface area contributed by atoms with Gasteiger partial charge in [-0.3, -0.25) is 9.69 Å². The summed E-state index contributed by atoms with van der Waals surface area (Å²) in [5.74, 6) is 0.314. The smallest absolute Gasteiger partial charge is 0.246 e. The van der Waals surface area contributed by atoms with E-state index in [-0.39, 0.29) is 29.2 Å². The minimum Gasteiger partial charge on any atom is -0.495 e. The first-order chi connectivity index (χ1) is 16.8. The highest BCUT2D eigenvalue weighted by Crippen LogP contribution is 2.33. The van der Waals surface area contributed by atoms with E-state index in [2.05, 4.69) is 17.0 Å². The zero-order chi connectivity index (χ0) is 25.0. The van der Waals surface area contributed by atoms with Crippen molar-refractivity contribution in [3.05, 3.63) is 59.7 Å². The van der Waals surface area contributed by atoms with Crippen molar-refractivity contribution in [1.82, 2.24) is 14.1 Å². The van der Waals surface area contributed by atoms with Gasteiger partial charge in [-0.05, 0) is 42.0 Å². The molecule has 190 valence electrons. The Balaban J connectivity index is 1.41. The van der Waals surface area contributed by atoms with E-state index in [9.17, 15) is 13.2 Å². The average Bonchev–Trinajstić information content (AvgIpc) is 2.89. The van der Waals surface area contributed by atoms with E-state index in [4.69, 9.17) is 4.74 Å². The van der Waals surface area contributed by atoms with Gasteiger partial charge in [-0.15, -0.1) is 0 Å². The van der Waals surface area contributed by atoms with Crippen LogP contribution in [0.3, 0.4) is 0 Å². The number of carbonyl (C=O) groups excluding carboxylic acids is 1. The molecule has 2 aliphatic heterocycles. The number of carbonyl (C=O) groups is 1. The highest BCUT2D eigenvalue weighted by atomic mass is 32.2. The van der Waals surface area contributed by atoms with Crippen molar-refractivity contribution in [1.29, 1.82) is 0 Å². The van der Waals surface area contributed by atoms with Crippen molar-refractivity contribution in [2.45, 2.75) is 44.0 Å². The lowest BCUT2D eigenvalue weighted by Crippen LogP contribution is -2.52. The van der Waals surface area contributed by atoms with Crippen LogP contribution < -0.4 is 4.74 Å². The van der Waals surface area contributed by atoms with Crippen LogP contribution in [0.5, 0.6) is 5.75 Å². The summed E-state index contributed by atoms with van der Waals surface area (Å²) >= 11 is 0. The van der Waals surface area contributed by atoms with Gasteiger partial charge >= 0.3 is 0 Å². The Bertz CT molecular complexity index is 1110. The zero-order valence-corrected chi connectivity index (χ0v) is 21.8. The Labute approximate surface area is 209 Å². The van der Waals surface area contributed by atoms with Gasteiger partial charge in [0, 0.05) is 45.8 Å². The summed E-state index contributed by atoms with van der Waals surface area (Å²) < 4.78 is 34.1. The number of piperidine rings is 1.